The number of carbonyl (C=O) groups excluding carboxylic acids is 2. The lowest BCUT2D eigenvalue weighted by Gasteiger charge is -2.23. The van der Waals surface area contributed by atoms with E-state index >= 15 is 0 Å². The van der Waals surface area contributed by atoms with Gasteiger partial charge in [0, 0.05) is 18.7 Å². The van der Waals surface area contributed by atoms with Crippen LogP contribution in [0.4, 0.5) is 0 Å². The third kappa shape index (κ3) is 5.11. The predicted molar refractivity (Wildman–Crippen MR) is 92.6 cm³/mol. The lowest BCUT2D eigenvalue weighted by Crippen LogP contribution is -2.37. The molecule has 1 aromatic rings. The fourth-order valence-corrected chi connectivity index (χ4v) is 2.48. The minimum Gasteiger partial charge on any atom is -0.494 e. The van der Waals surface area contributed by atoms with Crippen LogP contribution < -0.4 is 4.74 Å². The summed E-state index contributed by atoms with van der Waals surface area (Å²) in [5.41, 5.74) is 0.934. The second kappa shape index (κ2) is 8.52. The van der Waals surface area contributed by atoms with Crippen LogP contribution in [0.3, 0.4) is 0 Å². The van der Waals surface area contributed by atoms with E-state index in [-0.39, 0.29) is 23.8 Å². The summed E-state index contributed by atoms with van der Waals surface area (Å²) in [5, 5.41) is 0. The summed E-state index contributed by atoms with van der Waals surface area (Å²) in [6, 6.07) is 7.83. The predicted octanol–water partition coefficient (Wildman–Crippen LogP) is 2.90. The van der Waals surface area contributed by atoms with Crippen LogP contribution in [-0.4, -0.2) is 43.1 Å². The molecule has 0 saturated heterocycles. The molecule has 1 amide bonds. The van der Waals surface area contributed by atoms with Gasteiger partial charge in [-0.3, -0.25) is 9.59 Å². The molecular formula is C19H25NO4. The SMILES string of the molecule is CCOc1ccc(/C=C/C(=O)N(CC(C)C(=O)OC)C2CC2)cc1. The largest absolute Gasteiger partial charge is 0.494 e. The third-order valence-corrected chi connectivity index (χ3v) is 3.95. The first-order valence-corrected chi connectivity index (χ1v) is 8.34. The maximum Gasteiger partial charge on any atom is 0.310 e. The number of carbonyl (C=O) groups is 2. The lowest BCUT2D eigenvalue weighted by atomic mass is 10.1. The van der Waals surface area contributed by atoms with Crippen molar-refractivity contribution < 1.29 is 19.1 Å². The molecule has 0 aliphatic heterocycles. The molecule has 1 unspecified atom stereocenters. The van der Waals surface area contributed by atoms with Crippen molar-refractivity contribution in [3.8, 4) is 5.75 Å². The van der Waals surface area contributed by atoms with Crippen molar-refractivity contribution in [1.29, 1.82) is 0 Å². The standard InChI is InChI=1S/C19H25NO4/c1-4-24-17-10-5-15(6-11-17)7-12-18(21)20(16-8-9-16)13-14(2)19(22)23-3/h5-7,10-12,14,16H,4,8-9,13H2,1-3H3/b12-7+. The van der Waals surface area contributed by atoms with Crippen LogP contribution in [0.2, 0.25) is 0 Å². The zero-order chi connectivity index (χ0) is 17.5. The molecule has 0 spiro atoms. The van der Waals surface area contributed by atoms with Crippen LogP contribution in [0.5, 0.6) is 5.75 Å². The van der Waals surface area contributed by atoms with Gasteiger partial charge in [0.2, 0.25) is 5.91 Å². The topological polar surface area (TPSA) is 55.8 Å². The van der Waals surface area contributed by atoms with Crippen molar-refractivity contribution in [2.45, 2.75) is 32.7 Å². The number of esters is 1. The number of hydrogen-bond acceptors (Lipinski definition) is 4. The molecule has 0 bridgehead atoms. The van der Waals surface area contributed by atoms with Gasteiger partial charge in [-0.15, -0.1) is 0 Å². The number of rotatable bonds is 8. The number of hydrogen-bond donors (Lipinski definition) is 0. The van der Waals surface area contributed by atoms with Crippen LogP contribution in [-0.2, 0) is 14.3 Å². The van der Waals surface area contributed by atoms with E-state index in [1.54, 1.807) is 24.0 Å². The summed E-state index contributed by atoms with van der Waals surface area (Å²) in [5.74, 6) is 0.136. The minimum atomic E-state index is -0.321. The maximum absolute atomic E-state index is 12.5. The average molecular weight is 331 g/mol. The van der Waals surface area contributed by atoms with Gasteiger partial charge in [-0.2, -0.15) is 0 Å². The molecule has 0 N–H and O–H groups in total. The number of methoxy groups -OCH3 is 1. The Bertz CT molecular complexity index is 590. The van der Waals surface area contributed by atoms with Crippen LogP contribution in [0, 0.1) is 5.92 Å². The molecule has 0 heterocycles. The summed E-state index contributed by atoms with van der Waals surface area (Å²) in [4.78, 5) is 25.8. The third-order valence-electron chi connectivity index (χ3n) is 3.95. The van der Waals surface area contributed by atoms with E-state index in [4.69, 9.17) is 9.47 Å². The highest BCUT2D eigenvalue weighted by molar-refractivity contribution is 5.92. The van der Waals surface area contributed by atoms with E-state index in [0.29, 0.717) is 13.2 Å². The van der Waals surface area contributed by atoms with Crippen molar-refractivity contribution in [2.24, 2.45) is 5.92 Å². The summed E-state index contributed by atoms with van der Waals surface area (Å²) in [6.07, 6.45) is 5.35. The van der Waals surface area contributed by atoms with Crippen molar-refractivity contribution in [3.05, 3.63) is 35.9 Å². The Kier molecular flexibility index (Phi) is 6.41. The van der Waals surface area contributed by atoms with Gasteiger partial charge in [0.15, 0.2) is 0 Å². The summed E-state index contributed by atoms with van der Waals surface area (Å²) < 4.78 is 10.1. The highest BCUT2D eigenvalue weighted by atomic mass is 16.5. The van der Waals surface area contributed by atoms with Crippen molar-refractivity contribution in [2.75, 3.05) is 20.3 Å². The summed E-state index contributed by atoms with van der Waals surface area (Å²) >= 11 is 0. The molecule has 5 nitrogen and oxygen atoms in total. The van der Waals surface area contributed by atoms with E-state index < -0.39 is 0 Å². The number of nitrogens with zero attached hydrogens (tertiary/aromatic N) is 1. The van der Waals surface area contributed by atoms with E-state index in [0.717, 1.165) is 24.2 Å². The quantitative estimate of drug-likeness (QED) is 0.543. The van der Waals surface area contributed by atoms with Crippen molar-refractivity contribution >= 4 is 18.0 Å². The molecule has 0 aromatic heterocycles. The van der Waals surface area contributed by atoms with Gasteiger partial charge in [-0.1, -0.05) is 19.1 Å². The Balaban J connectivity index is 1.98. The molecule has 24 heavy (non-hydrogen) atoms. The van der Waals surface area contributed by atoms with E-state index in [1.807, 2.05) is 31.2 Å². The first-order chi connectivity index (χ1) is 11.5. The molecular weight excluding hydrogens is 306 g/mol. The molecule has 2 rings (SSSR count). The molecule has 1 fully saturated rings. The van der Waals surface area contributed by atoms with Gasteiger partial charge >= 0.3 is 5.97 Å². The smallest absolute Gasteiger partial charge is 0.310 e. The molecule has 1 saturated carbocycles. The molecule has 130 valence electrons. The molecule has 5 heteroatoms. The number of benzene rings is 1. The lowest BCUT2D eigenvalue weighted by molar-refractivity contribution is -0.146. The fourth-order valence-electron chi connectivity index (χ4n) is 2.48. The Morgan fingerprint density at radius 2 is 1.96 bits per heavy atom. The van der Waals surface area contributed by atoms with Crippen LogP contribution >= 0.6 is 0 Å². The molecule has 1 aliphatic carbocycles. The monoisotopic (exact) mass is 331 g/mol. The Morgan fingerprint density at radius 1 is 1.29 bits per heavy atom. The van der Waals surface area contributed by atoms with E-state index in [2.05, 4.69) is 0 Å². The Labute approximate surface area is 143 Å². The second-order valence-corrected chi connectivity index (χ2v) is 5.98. The van der Waals surface area contributed by atoms with E-state index in [1.165, 1.54) is 7.11 Å². The van der Waals surface area contributed by atoms with Crippen molar-refractivity contribution in [3.63, 3.8) is 0 Å². The summed E-state index contributed by atoms with van der Waals surface area (Å²) in [6.45, 7) is 4.74. The van der Waals surface area contributed by atoms with Crippen molar-refractivity contribution in [1.82, 2.24) is 4.90 Å². The number of amides is 1. The highest BCUT2D eigenvalue weighted by Crippen LogP contribution is 2.28. The highest BCUT2D eigenvalue weighted by Gasteiger charge is 2.33. The Morgan fingerprint density at radius 3 is 2.50 bits per heavy atom. The van der Waals surface area contributed by atoms with Gasteiger partial charge in [0.05, 0.1) is 19.6 Å². The second-order valence-electron chi connectivity index (χ2n) is 5.98. The Hall–Kier alpha value is -2.30. The van der Waals surface area contributed by atoms with Gasteiger partial charge in [-0.25, -0.2) is 0 Å². The zero-order valence-electron chi connectivity index (χ0n) is 14.5. The average Bonchev–Trinajstić information content (AvgIpc) is 3.43. The summed E-state index contributed by atoms with van der Waals surface area (Å²) in [7, 11) is 1.37. The molecule has 0 radical (unpaired) electrons. The molecule has 1 aliphatic rings. The normalized spacial score (nSPS) is 15.1. The maximum atomic E-state index is 12.5. The fraction of sp³-hybridized carbons (Fsp3) is 0.474. The van der Waals surface area contributed by atoms with Crippen LogP contribution in [0.25, 0.3) is 6.08 Å². The molecule has 1 atom stereocenters. The van der Waals surface area contributed by atoms with Gasteiger partial charge in [0.1, 0.15) is 5.75 Å². The molecule has 1 aromatic carbocycles. The van der Waals surface area contributed by atoms with E-state index in [9.17, 15) is 9.59 Å². The zero-order valence-corrected chi connectivity index (χ0v) is 14.5. The van der Waals surface area contributed by atoms with Gasteiger partial charge < -0.3 is 14.4 Å². The van der Waals surface area contributed by atoms with Gasteiger partial charge in [0.25, 0.3) is 0 Å². The first-order valence-electron chi connectivity index (χ1n) is 8.34. The minimum absolute atomic E-state index is 0.0675. The first kappa shape index (κ1) is 18.0. The van der Waals surface area contributed by atoms with Gasteiger partial charge in [-0.05, 0) is 43.5 Å². The van der Waals surface area contributed by atoms with Crippen LogP contribution in [0.1, 0.15) is 32.3 Å². The van der Waals surface area contributed by atoms with Crippen LogP contribution in [0.15, 0.2) is 30.3 Å². The number of ether oxygens (including phenoxy) is 2.